The molecule has 0 saturated carbocycles. The van der Waals surface area contributed by atoms with Gasteiger partial charge in [0.1, 0.15) is 0 Å². The first-order chi connectivity index (χ1) is 13.3. The Morgan fingerprint density at radius 1 is 1.00 bits per heavy atom. The molecule has 2 aromatic carbocycles. The van der Waals surface area contributed by atoms with E-state index < -0.39 is 5.92 Å². The number of imide groups is 1. The molecule has 2 aromatic rings. The zero-order valence-corrected chi connectivity index (χ0v) is 16.7. The molecule has 0 spiro atoms. The summed E-state index contributed by atoms with van der Waals surface area (Å²) in [5.74, 6) is -0.382. The highest BCUT2D eigenvalue weighted by Crippen LogP contribution is 2.36. The van der Waals surface area contributed by atoms with Crippen molar-refractivity contribution < 1.29 is 19.1 Å². The van der Waals surface area contributed by atoms with Crippen LogP contribution in [0.5, 0.6) is 11.5 Å². The van der Waals surface area contributed by atoms with Crippen molar-refractivity contribution >= 4 is 23.7 Å². The van der Waals surface area contributed by atoms with Gasteiger partial charge >= 0.3 is 0 Å². The van der Waals surface area contributed by atoms with Crippen LogP contribution in [0.25, 0.3) is 0 Å². The van der Waals surface area contributed by atoms with Crippen LogP contribution >= 0.6 is 0 Å². The summed E-state index contributed by atoms with van der Waals surface area (Å²) in [6.45, 7) is 5.87. The van der Waals surface area contributed by atoms with E-state index in [1.54, 1.807) is 42.6 Å². The molecule has 1 heterocycles. The van der Waals surface area contributed by atoms with Crippen LogP contribution in [0.15, 0.2) is 47.5 Å². The number of hydrogen-bond donors (Lipinski definition) is 0. The third-order valence-electron chi connectivity index (χ3n) is 4.45. The van der Waals surface area contributed by atoms with Crippen LogP contribution in [0.4, 0.5) is 5.69 Å². The first-order valence-electron chi connectivity index (χ1n) is 9.01. The molecule has 2 amide bonds. The summed E-state index contributed by atoms with van der Waals surface area (Å²) in [5.41, 5.74) is 1.26. The van der Waals surface area contributed by atoms with Crippen LogP contribution < -0.4 is 14.4 Å². The van der Waals surface area contributed by atoms with E-state index in [0.717, 1.165) is 0 Å². The zero-order chi connectivity index (χ0) is 20.5. The van der Waals surface area contributed by atoms with E-state index in [9.17, 15) is 9.59 Å². The highest BCUT2D eigenvalue weighted by molar-refractivity contribution is 6.29. The Kier molecular flexibility index (Phi) is 5.23. The first kappa shape index (κ1) is 19.6. The van der Waals surface area contributed by atoms with Gasteiger partial charge in [0.05, 0.1) is 31.4 Å². The lowest BCUT2D eigenvalue weighted by Gasteiger charge is -2.31. The number of carbonyl (C=O) groups excluding carboxylic acids is 2. The predicted molar refractivity (Wildman–Crippen MR) is 109 cm³/mol. The van der Waals surface area contributed by atoms with Gasteiger partial charge in [-0.15, -0.1) is 0 Å². The highest BCUT2D eigenvalue weighted by atomic mass is 16.5. The number of hydrogen-bond acceptors (Lipinski definition) is 5. The molecular formula is C22H24N2O4. The number of aliphatic imine (C=N–C) groups is 1. The van der Waals surface area contributed by atoms with Crippen molar-refractivity contribution in [2.24, 2.45) is 4.99 Å². The van der Waals surface area contributed by atoms with Crippen molar-refractivity contribution in [2.45, 2.75) is 32.2 Å². The number of anilines is 1. The van der Waals surface area contributed by atoms with Gasteiger partial charge in [0.25, 0.3) is 5.91 Å². The summed E-state index contributed by atoms with van der Waals surface area (Å²) in [4.78, 5) is 32.1. The summed E-state index contributed by atoms with van der Waals surface area (Å²) >= 11 is 0. The average Bonchev–Trinajstić information content (AvgIpc) is 2.67. The Labute approximate surface area is 164 Å². The molecule has 0 radical (unpaired) electrons. The molecule has 28 heavy (non-hydrogen) atoms. The fourth-order valence-corrected chi connectivity index (χ4v) is 3.11. The van der Waals surface area contributed by atoms with Gasteiger partial charge in [0.15, 0.2) is 11.5 Å². The number of methoxy groups -OCH3 is 2. The molecule has 0 bridgehead atoms. The van der Waals surface area contributed by atoms with Crippen molar-refractivity contribution in [3.8, 4) is 11.5 Å². The number of amides is 2. The molecule has 3 rings (SSSR count). The van der Waals surface area contributed by atoms with Gasteiger partial charge in [0, 0.05) is 17.8 Å². The third kappa shape index (κ3) is 3.63. The minimum absolute atomic E-state index is 0.329. The number of benzene rings is 2. The summed E-state index contributed by atoms with van der Waals surface area (Å²) in [6.07, 6.45) is 1.64. The average molecular weight is 380 g/mol. The number of rotatable bonds is 4. The quantitative estimate of drug-likeness (QED) is 0.597. The second-order valence-corrected chi connectivity index (χ2v) is 7.53. The maximum atomic E-state index is 13.3. The van der Waals surface area contributed by atoms with Crippen molar-refractivity contribution in [1.29, 1.82) is 0 Å². The Morgan fingerprint density at radius 2 is 1.68 bits per heavy atom. The molecule has 0 aromatic heterocycles. The second-order valence-electron chi connectivity index (χ2n) is 7.53. The van der Waals surface area contributed by atoms with Crippen LogP contribution in [-0.4, -0.2) is 37.8 Å². The van der Waals surface area contributed by atoms with Crippen LogP contribution in [-0.2, 0) is 4.79 Å². The molecule has 0 saturated heterocycles. The fraction of sp³-hybridized carbons (Fsp3) is 0.318. The van der Waals surface area contributed by atoms with Gasteiger partial charge < -0.3 is 9.47 Å². The van der Waals surface area contributed by atoms with Gasteiger partial charge in [-0.3, -0.25) is 14.6 Å². The molecule has 1 aliphatic rings. The maximum absolute atomic E-state index is 13.3. The van der Waals surface area contributed by atoms with Crippen molar-refractivity contribution in [1.82, 2.24) is 0 Å². The van der Waals surface area contributed by atoms with Crippen LogP contribution in [0.1, 0.15) is 42.6 Å². The lowest BCUT2D eigenvalue weighted by molar-refractivity contribution is -0.118. The molecule has 0 N–H and O–H groups in total. The van der Waals surface area contributed by atoms with Crippen molar-refractivity contribution in [2.75, 3.05) is 19.1 Å². The fourth-order valence-electron chi connectivity index (χ4n) is 3.11. The summed E-state index contributed by atoms with van der Waals surface area (Å²) in [5, 5.41) is 0. The van der Waals surface area contributed by atoms with Crippen LogP contribution in [0, 0.1) is 0 Å². The molecule has 0 aliphatic carbocycles. The largest absolute Gasteiger partial charge is 0.493 e. The summed E-state index contributed by atoms with van der Waals surface area (Å²) in [6, 6.07) is 12.1. The third-order valence-corrected chi connectivity index (χ3v) is 4.45. The van der Waals surface area contributed by atoms with Gasteiger partial charge in [-0.1, -0.05) is 18.2 Å². The second kappa shape index (κ2) is 7.46. The van der Waals surface area contributed by atoms with E-state index in [-0.39, 0.29) is 17.4 Å². The molecule has 6 heteroatoms. The van der Waals surface area contributed by atoms with Crippen molar-refractivity contribution in [3.63, 3.8) is 0 Å². The lowest BCUT2D eigenvalue weighted by atomic mass is 9.88. The number of nitrogens with zero attached hydrogens (tertiary/aromatic N) is 2. The Hall–Kier alpha value is -3.15. The lowest BCUT2D eigenvalue weighted by Crippen LogP contribution is -2.45. The molecule has 146 valence electrons. The van der Waals surface area contributed by atoms with Gasteiger partial charge in [-0.05, 0) is 44.5 Å². The van der Waals surface area contributed by atoms with E-state index in [1.807, 2.05) is 26.8 Å². The first-order valence-corrected chi connectivity index (χ1v) is 9.01. The normalized spacial score (nSPS) is 17.0. The highest BCUT2D eigenvalue weighted by Gasteiger charge is 2.39. The minimum atomic E-state index is -0.638. The standard InChI is InChI=1S/C22H24N2O4/c1-22(2,3)23-13-17-15-8-6-7-9-16(15)20(25)24(21(17)26)14-10-11-18(27-4)19(12-14)28-5/h6-13,17H,1-5H3. The van der Waals surface area contributed by atoms with Crippen molar-refractivity contribution in [3.05, 3.63) is 53.6 Å². The number of ether oxygens (including phenoxy) is 2. The summed E-state index contributed by atoms with van der Waals surface area (Å²) in [7, 11) is 3.04. The van der Waals surface area contributed by atoms with Gasteiger partial charge in [-0.25, -0.2) is 4.90 Å². The molecular weight excluding hydrogens is 356 g/mol. The number of carbonyl (C=O) groups is 2. The molecule has 0 fully saturated rings. The number of fused-ring (bicyclic) bond motifs is 1. The minimum Gasteiger partial charge on any atom is -0.493 e. The van der Waals surface area contributed by atoms with E-state index in [2.05, 4.69) is 4.99 Å². The maximum Gasteiger partial charge on any atom is 0.265 e. The molecule has 1 aliphatic heterocycles. The smallest absolute Gasteiger partial charge is 0.265 e. The Morgan fingerprint density at radius 3 is 2.32 bits per heavy atom. The van der Waals surface area contributed by atoms with E-state index in [1.165, 1.54) is 19.1 Å². The monoisotopic (exact) mass is 380 g/mol. The Balaban J connectivity index is 2.12. The molecule has 1 atom stereocenters. The SMILES string of the molecule is COc1ccc(N2C(=O)c3ccccc3C(C=NC(C)(C)C)C2=O)cc1OC. The molecule has 6 nitrogen and oxygen atoms in total. The zero-order valence-electron chi connectivity index (χ0n) is 16.7. The summed E-state index contributed by atoms with van der Waals surface area (Å²) < 4.78 is 10.6. The van der Waals surface area contributed by atoms with Crippen LogP contribution in [0.3, 0.4) is 0 Å². The molecule has 1 unspecified atom stereocenters. The van der Waals surface area contributed by atoms with Crippen LogP contribution in [0.2, 0.25) is 0 Å². The van der Waals surface area contributed by atoms with E-state index >= 15 is 0 Å². The van der Waals surface area contributed by atoms with Gasteiger partial charge in [-0.2, -0.15) is 0 Å². The van der Waals surface area contributed by atoms with E-state index in [0.29, 0.717) is 28.3 Å². The Bertz CT molecular complexity index is 944. The van der Waals surface area contributed by atoms with E-state index in [4.69, 9.17) is 9.47 Å². The predicted octanol–water partition coefficient (Wildman–Crippen LogP) is 3.84. The topological polar surface area (TPSA) is 68.2 Å². The van der Waals surface area contributed by atoms with Gasteiger partial charge in [0.2, 0.25) is 5.91 Å².